The van der Waals surface area contributed by atoms with Crippen LogP contribution in [-0.2, 0) is 11.3 Å². The topological polar surface area (TPSA) is 116 Å². The highest BCUT2D eigenvalue weighted by atomic mass is 16.4. The minimum absolute atomic E-state index is 0.189. The molecular weight excluding hydrogens is 332 g/mol. The third kappa shape index (κ3) is 4.19. The van der Waals surface area contributed by atoms with Crippen LogP contribution in [0.2, 0.25) is 0 Å². The maximum atomic E-state index is 11.0. The van der Waals surface area contributed by atoms with Crippen LogP contribution >= 0.6 is 0 Å². The molecule has 8 nitrogen and oxygen atoms in total. The molecule has 2 aromatic rings. The Labute approximate surface area is 151 Å². The van der Waals surface area contributed by atoms with Crippen LogP contribution in [0.4, 0.5) is 11.6 Å². The van der Waals surface area contributed by atoms with E-state index >= 15 is 0 Å². The van der Waals surface area contributed by atoms with Gasteiger partial charge in [0.1, 0.15) is 11.6 Å². The fourth-order valence-corrected chi connectivity index (χ4v) is 3.47. The molecule has 0 bridgehead atoms. The van der Waals surface area contributed by atoms with E-state index in [0.717, 1.165) is 37.3 Å². The Morgan fingerprint density at radius 1 is 1.19 bits per heavy atom. The molecule has 4 N–H and O–H groups in total. The van der Waals surface area contributed by atoms with E-state index in [1.807, 2.05) is 12.1 Å². The zero-order valence-corrected chi connectivity index (χ0v) is 14.6. The predicted octanol–water partition coefficient (Wildman–Crippen LogP) is 2.55. The van der Waals surface area contributed by atoms with E-state index in [2.05, 4.69) is 30.8 Å². The fourth-order valence-electron chi connectivity index (χ4n) is 3.47. The molecule has 0 atom stereocenters. The molecule has 0 aromatic carbocycles. The van der Waals surface area contributed by atoms with Crippen LogP contribution < -0.4 is 10.6 Å². The summed E-state index contributed by atoms with van der Waals surface area (Å²) in [4.78, 5) is 19.9. The second kappa shape index (κ2) is 7.41. The molecule has 2 fully saturated rings. The molecule has 0 spiro atoms. The van der Waals surface area contributed by atoms with Crippen molar-refractivity contribution in [3.05, 3.63) is 29.8 Å². The summed E-state index contributed by atoms with van der Waals surface area (Å²) < 4.78 is 0. The smallest absolute Gasteiger partial charge is 0.306 e. The molecular formula is C18H24N6O2. The summed E-state index contributed by atoms with van der Waals surface area (Å²) >= 11 is 0. The quantitative estimate of drug-likeness (QED) is 0.602. The molecule has 2 aliphatic carbocycles. The van der Waals surface area contributed by atoms with Crippen LogP contribution in [-0.4, -0.2) is 37.3 Å². The summed E-state index contributed by atoms with van der Waals surface area (Å²) in [5.41, 5.74) is 1.18. The number of carbonyl (C=O) groups is 1. The Hall–Kier alpha value is -2.48. The highest BCUT2D eigenvalue weighted by molar-refractivity contribution is 5.70. The van der Waals surface area contributed by atoms with Gasteiger partial charge in [0.15, 0.2) is 5.82 Å². The molecule has 0 amide bonds. The first-order valence-electron chi connectivity index (χ1n) is 9.28. The third-order valence-electron chi connectivity index (χ3n) is 5.20. The molecule has 0 unspecified atom stereocenters. The molecule has 2 aliphatic rings. The van der Waals surface area contributed by atoms with Crippen LogP contribution in [0, 0.1) is 5.92 Å². The minimum Gasteiger partial charge on any atom is -0.481 e. The normalized spacial score (nSPS) is 22.9. The van der Waals surface area contributed by atoms with Crippen LogP contribution in [0.5, 0.6) is 0 Å². The molecule has 8 heteroatoms. The number of aromatic nitrogens is 4. The van der Waals surface area contributed by atoms with Crippen LogP contribution in [0.1, 0.15) is 56.0 Å². The van der Waals surface area contributed by atoms with Crippen molar-refractivity contribution in [3.8, 4) is 0 Å². The maximum Gasteiger partial charge on any atom is 0.306 e. The van der Waals surface area contributed by atoms with Gasteiger partial charge in [-0.25, -0.2) is 9.97 Å². The number of carboxylic acid groups (broad SMARTS) is 1. The number of aromatic amines is 1. The highest BCUT2D eigenvalue weighted by Gasteiger charge is 2.26. The molecule has 0 radical (unpaired) electrons. The van der Waals surface area contributed by atoms with Gasteiger partial charge in [0.2, 0.25) is 0 Å². The first kappa shape index (κ1) is 17.0. The van der Waals surface area contributed by atoms with Crippen molar-refractivity contribution in [3.63, 3.8) is 0 Å². The molecule has 2 aromatic heterocycles. The molecule has 2 heterocycles. The molecule has 2 saturated carbocycles. The van der Waals surface area contributed by atoms with Gasteiger partial charge >= 0.3 is 5.97 Å². The van der Waals surface area contributed by atoms with Crippen LogP contribution in [0.25, 0.3) is 0 Å². The van der Waals surface area contributed by atoms with E-state index in [1.54, 1.807) is 6.20 Å². The monoisotopic (exact) mass is 356 g/mol. The van der Waals surface area contributed by atoms with E-state index in [-0.39, 0.29) is 5.92 Å². The molecule has 0 saturated heterocycles. The standard InChI is InChI=1S/C18H24N6O2/c25-18(26)12-3-5-13(6-4-12)20-10-17-19-8-7-15(22-17)21-16-9-14(23-24-16)11-1-2-11/h7-9,11-13,20H,1-6,10H2,(H,25,26)(H2,19,21,22,23,24). The summed E-state index contributed by atoms with van der Waals surface area (Å²) in [6.07, 6.45) is 7.44. The van der Waals surface area contributed by atoms with Gasteiger partial charge in [-0.05, 0) is 44.6 Å². The van der Waals surface area contributed by atoms with Crippen molar-refractivity contribution in [1.82, 2.24) is 25.5 Å². The zero-order chi connectivity index (χ0) is 17.9. The third-order valence-corrected chi connectivity index (χ3v) is 5.20. The van der Waals surface area contributed by atoms with E-state index in [1.165, 1.54) is 18.5 Å². The van der Waals surface area contributed by atoms with Crippen LogP contribution in [0.15, 0.2) is 18.3 Å². The first-order chi connectivity index (χ1) is 12.7. The maximum absolute atomic E-state index is 11.0. The summed E-state index contributed by atoms with van der Waals surface area (Å²) in [6.45, 7) is 0.575. The zero-order valence-electron chi connectivity index (χ0n) is 14.6. The van der Waals surface area contributed by atoms with E-state index in [0.29, 0.717) is 24.3 Å². The number of anilines is 2. The number of nitrogens with one attached hydrogen (secondary N) is 3. The largest absolute Gasteiger partial charge is 0.481 e. The van der Waals surface area contributed by atoms with Gasteiger partial charge in [-0.2, -0.15) is 5.10 Å². The van der Waals surface area contributed by atoms with Gasteiger partial charge in [0.05, 0.1) is 12.5 Å². The minimum atomic E-state index is -0.672. The number of nitrogens with zero attached hydrogens (tertiary/aromatic N) is 3. The number of rotatable bonds is 7. The average molecular weight is 356 g/mol. The van der Waals surface area contributed by atoms with Crippen molar-refractivity contribution in [2.45, 2.75) is 57.0 Å². The average Bonchev–Trinajstić information content (AvgIpc) is 3.40. The SMILES string of the molecule is O=C(O)C1CCC(NCc2nccc(Nc3cc(C4CC4)[nH]n3)n2)CC1. The molecule has 138 valence electrons. The number of hydrogen-bond acceptors (Lipinski definition) is 6. The summed E-state index contributed by atoms with van der Waals surface area (Å²) in [6, 6.07) is 4.20. The lowest BCUT2D eigenvalue weighted by molar-refractivity contribution is -0.142. The van der Waals surface area contributed by atoms with Crippen molar-refractivity contribution >= 4 is 17.6 Å². The molecule has 26 heavy (non-hydrogen) atoms. The number of H-pyrrole nitrogens is 1. The van der Waals surface area contributed by atoms with E-state index in [4.69, 9.17) is 5.11 Å². The van der Waals surface area contributed by atoms with Gasteiger partial charge in [0.25, 0.3) is 0 Å². The fraction of sp³-hybridized carbons (Fsp3) is 0.556. The van der Waals surface area contributed by atoms with Gasteiger partial charge in [0, 0.05) is 29.9 Å². The lowest BCUT2D eigenvalue weighted by atomic mass is 9.86. The van der Waals surface area contributed by atoms with Crippen LogP contribution in [0.3, 0.4) is 0 Å². The van der Waals surface area contributed by atoms with Crippen molar-refractivity contribution < 1.29 is 9.90 Å². The van der Waals surface area contributed by atoms with E-state index < -0.39 is 5.97 Å². The Kier molecular flexibility index (Phi) is 4.83. The van der Waals surface area contributed by atoms with Crippen molar-refractivity contribution in [1.29, 1.82) is 0 Å². The Morgan fingerprint density at radius 2 is 2.00 bits per heavy atom. The molecule has 0 aliphatic heterocycles. The van der Waals surface area contributed by atoms with Gasteiger partial charge in [-0.3, -0.25) is 9.89 Å². The number of carboxylic acids is 1. The predicted molar refractivity (Wildman–Crippen MR) is 96.1 cm³/mol. The van der Waals surface area contributed by atoms with E-state index in [9.17, 15) is 4.79 Å². The van der Waals surface area contributed by atoms with Crippen molar-refractivity contribution in [2.75, 3.05) is 5.32 Å². The Morgan fingerprint density at radius 3 is 2.73 bits per heavy atom. The highest BCUT2D eigenvalue weighted by Crippen LogP contribution is 2.39. The Bertz CT molecular complexity index is 765. The lowest BCUT2D eigenvalue weighted by Gasteiger charge is -2.26. The lowest BCUT2D eigenvalue weighted by Crippen LogP contribution is -2.34. The molecule has 4 rings (SSSR count). The Balaban J connectivity index is 1.29. The van der Waals surface area contributed by atoms with Gasteiger partial charge in [-0.15, -0.1) is 0 Å². The van der Waals surface area contributed by atoms with Gasteiger partial charge < -0.3 is 15.7 Å². The summed E-state index contributed by atoms with van der Waals surface area (Å²) in [7, 11) is 0. The second-order valence-corrected chi connectivity index (χ2v) is 7.23. The first-order valence-corrected chi connectivity index (χ1v) is 9.28. The van der Waals surface area contributed by atoms with Gasteiger partial charge in [-0.1, -0.05) is 0 Å². The number of hydrogen-bond donors (Lipinski definition) is 4. The second-order valence-electron chi connectivity index (χ2n) is 7.23. The summed E-state index contributed by atoms with van der Waals surface area (Å²) in [5, 5.41) is 23.1. The number of aliphatic carboxylic acids is 1. The summed E-state index contributed by atoms with van der Waals surface area (Å²) in [5.74, 6) is 1.99. The van der Waals surface area contributed by atoms with Crippen molar-refractivity contribution in [2.24, 2.45) is 5.92 Å².